The fraction of sp³-hybridized carbons (Fsp3) is 0.449. The number of primary amides is 3. The van der Waals surface area contributed by atoms with Crippen LogP contribution in [0.25, 0.3) is 32.7 Å². The second-order valence-corrected chi connectivity index (χ2v) is 29.1. The molecule has 110 heavy (non-hydrogen) atoms. The van der Waals surface area contributed by atoms with Gasteiger partial charge in [0.2, 0.25) is 76.8 Å². The lowest BCUT2D eigenvalue weighted by Crippen LogP contribution is -2.61. The average molecular weight is 1530 g/mol. The van der Waals surface area contributed by atoms with E-state index in [1.807, 2.05) is 61.7 Å². The fourth-order valence-corrected chi connectivity index (χ4v) is 14.7. The van der Waals surface area contributed by atoms with Crippen LogP contribution in [-0.4, -0.2) is 200 Å². The number of nitrogens with zero attached hydrogens (tertiary/aromatic N) is 2. The van der Waals surface area contributed by atoms with Crippen molar-refractivity contribution in [2.75, 3.05) is 31.6 Å². The minimum atomic E-state index is -1.69. The number of hydrogen-bond acceptors (Lipinski definition) is 16. The number of unbranched alkanes of at least 4 members (excludes halogenated alkanes) is 1. The van der Waals surface area contributed by atoms with Crippen molar-refractivity contribution in [3.8, 4) is 0 Å². The molecule has 4 aromatic carbocycles. The summed E-state index contributed by atoms with van der Waals surface area (Å²) in [5, 5.41) is 24.4. The molecule has 31 nitrogen and oxygen atoms in total. The van der Waals surface area contributed by atoms with Crippen LogP contribution in [0.15, 0.2) is 122 Å². The largest absolute Gasteiger partial charge is 0.370 e. The Labute approximate surface area is 641 Å². The van der Waals surface area contributed by atoms with E-state index in [9.17, 15) is 43.2 Å². The van der Waals surface area contributed by atoms with Gasteiger partial charge in [-0.05, 0) is 130 Å². The third kappa shape index (κ3) is 22.5. The Hall–Kier alpha value is -11.1. The first kappa shape index (κ1) is 82.9. The van der Waals surface area contributed by atoms with Crippen molar-refractivity contribution < 1.29 is 62.3 Å². The minimum absolute atomic E-state index is 0.0773. The molecule has 588 valence electrons. The van der Waals surface area contributed by atoms with Gasteiger partial charge in [0.15, 0.2) is 0 Å². The summed E-state index contributed by atoms with van der Waals surface area (Å²) >= 11 is 1.45. The van der Waals surface area contributed by atoms with Gasteiger partial charge in [0.1, 0.15) is 60.4 Å². The Morgan fingerprint density at radius 1 is 0.445 bits per heavy atom. The predicted molar refractivity (Wildman–Crippen MR) is 416 cm³/mol. The normalized spacial score (nSPS) is 16.6. The van der Waals surface area contributed by atoms with Crippen LogP contribution in [0.2, 0.25) is 0 Å². The van der Waals surface area contributed by atoms with Crippen molar-refractivity contribution in [1.29, 1.82) is 0 Å². The highest BCUT2D eigenvalue weighted by Crippen LogP contribution is 2.27. The summed E-state index contributed by atoms with van der Waals surface area (Å²) in [6, 6.07) is 16.1. The Kier molecular flexibility index (Phi) is 30.4. The van der Waals surface area contributed by atoms with E-state index in [0.29, 0.717) is 96.9 Å². The third-order valence-electron chi connectivity index (χ3n) is 20.2. The molecule has 3 aromatic heterocycles. The molecule has 13 amide bonds. The number of nitrogens with two attached hydrogens (primary N) is 5. The zero-order chi connectivity index (χ0) is 79.0. The van der Waals surface area contributed by atoms with Crippen LogP contribution >= 0.6 is 11.8 Å². The molecular formula is C78H102N18O13S. The smallest absolute Gasteiger partial charge is 0.245 e. The van der Waals surface area contributed by atoms with Gasteiger partial charge in [-0.1, -0.05) is 98.3 Å². The number of nitrogens with one attached hydrogen (secondary N) is 11. The fourth-order valence-electron chi connectivity index (χ4n) is 14.3. The van der Waals surface area contributed by atoms with Gasteiger partial charge in [0, 0.05) is 103 Å². The summed E-state index contributed by atoms with van der Waals surface area (Å²) < 4.78 is 0. The molecule has 0 spiro atoms. The number of carbonyl (C=O) groups excluding carboxylic acids is 13. The molecule has 11 atom stereocenters. The molecule has 2 aliphatic heterocycles. The molecule has 21 N–H and O–H groups in total. The number of amides is 13. The first-order valence-corrected chi connectivity index (χ1v) is 38.9. The maximum atomic E-state index is 15.5. The monoisotopic (exact) mass is 1530 g/mol. The second-order valence-electron chi connectivity index (χ2n) is 28.1. The number of benzene rings is 4. The van der Waals surface area contributed by atoms with E-state index in [-0.39, 0.29) is 57.4 Å². The number of hydrogen-bond donors (Lipinski definition) is 16. The SMILES string of the molecule is CCC[C@H](N)C(=O)N1CCC[C@H]1C(=O)N[C@@H](CCCCN)C(=O)N1CCC[C@H]1C(=O)N[C@@H](CCC(N)=O)C(=O)N[C@@H](CCC(N)=O)C(=O)N[C@H](Cc1c[nH]c2ccccc12)C(=O)N[C@@H](Cc1ccccc1)C(=O)N[C@H](Cc1c[nH]c2ccccc12)C(=O)N[C@H](Cc1c[nH]c2ccccc12)C(=O)N[C@@H](CCSC)C(N)=O. The van der Waals surface area contributed by atoms with Crippen molar-refractivity contribution >= 4 is 121 Å². The summed E-state index contributed by atoms with van der Waals surface area (Å²) in [6.07, 6.45) is 8.07. The van der Waals surface area contributed by atoms with Crippen molar-refractivity contribution in [3.63, 3.8) is 0 Å². The van der Waals surface area contributed by atoms with Crippen LogP contribution in [0.5, 0.6) is 0 Å². The molecule has 0 bridgehead atoms. The van der Waals surface area contributed by atoms with Gasteiger partial charge in [-0.3, -0.25) is 62.3 Å². The molecule has 32 heteroatoms. The summed E-state index contributed by atoms with van der Waals surface area (Å²) in [7, 11) is 0. The van der Waals surface area contributed by atoms with E-state index >= 15 is 19.2 Å². The summed E-state index contributed by atoms with van der Waals surface area (Å²) in [5.74, 6) is -9.77. The number of H-pyrrole nitrogens is 3. The number of thioether (sulfide) groups is 1. The van der Waals surface area contributed by atoms with Crippen LogP contribution in [0, 0.1) is 0 Å². The molecule has 2 fully saturated rings. The molecule has 9 rings (SSSR count). The summed E-state index contributed by atoms with van der Waals surface area (Å²) in [4.78, 5) is 198. The number of rotatable bonds is 42. The number of fused-ring (bicyclic) bond motifs is 3. The zero-order valence-electron chi connectivity index (χ0n) is 62.0. The van der Waals surface area contributed by atoms with Crippen LogP contribution in [0.1, 0.15) is 119 Å². The van der Waals surface area contributed by atoms with Crippen LogP contribution in [0.3, 0.4) is 0 Å². The standard InChI is InChI=1S/C78H102N18O13S/c1-3-17-52(80)77(108)95-35-15-27-64(95)76(107)90-59(26-13-14-34-79)78(109)96-36-16-28-65(96)75(106)89-58(30-32-67(82)98)69(100)88-57(29-31-66(81)97)70(101)92-62(40-47-43-85-54-24-11-8-21-50(47)54)73(104)91-60(38-45-18-5-4-6-19-45)71(102)93-63(41-48-44-86-55-25-12-9-22-51(48)55)74(105)94-61(72(103)87-56(68(83)99)33-37-110-2)39-46-42-84-53-23-10-7-20-49(46)53/h4-12,18-25,42-44,52,56-65,84-86H,3,13-17,26-41,79-80H2,1-2H3,(H2,81,97)(H2,82,98)(H2,83,99)(H,87,103)(H,88,100)(H,89,106)(H,90,107)(H,91,104)(H,92,101)(H,93,102)(H,94,105)/t52-,56-,57-,58-,59-,60-,61+,62+,63+,64-,65-/m0/s1. The maximum absolute atomic E-state index is 15.5. The summed E-state index contributed by atoms with van der Waals surface area (Å²) in [5.41, 5.74) is 33.6. The quantitative estimate of drug-likeness (QED) is 0.0240. The number of para-hydroxylation sites is 3. The van der Waals surface area contributed by atoms with Crippen LogP contribution in [0.4, 0.5) is 0 Å². The number of aromatic nitrogens is 3. The minimum Gasteiger partial charge on any atom is -0.370 e. The molecule has 0 unspecified atom stereocenters. The van der Waals surface area contributed by atoms with Crippen LogP contribution in [-0.2, 0) is 88.0 Å². The topological polar surface area (TPSA) is 502 Å². The second kappa shape index (κ2) is 40.4. The number of likely N-dealkylation sites (tertiary alicyclic amines) is 2. The van der Waals surface area contributed by atoms with Gasteiger partial charge in [-0.15, -0.1) is 0 Å². The van der Waals surface area contributed by atoms with E-state index in [1.165, 1.54) is 21.6 Å². The molecule has 5 heterocycles. The van der Waals surface area contributed by atoms with Gasteiger partial charge in [0.25, 0.3) is 0 Å². The molecule has 0 radical (unpaired) electrons. The van der Waals surface area contributed by atoms with Gasteiger partial charge >= 0.3 is 0 Å². The highest BCUT2D eigenvalue weighted by atomic mass is 32.2. The molecule has 0 saturated carbocycles. The Morgan fingerprint density at radius 3 is 1.25 bits per heavy atom. The first-order chi connectivity index (χ1) is 52.9. The van der Waals surface area contributed by atoms with Crippen molar-refractivity contribution in [2.24, 2.45) is 28.7 Å². The predicted octanol–water partition coefficient (Wildman–Crippen LogP) is 1.29. The zero-order valence-corrected chi connectivity index (χ0v) is 62.8. The van der Waals surface area contributed by atoms with Crippen LogP contribution < -0.4 is 71.2 Å². The van der Waals surface area contributed by atoms with E-state index in [1.54, 1.807) is 73.2 Å². The third-order valence-corrected chi connectivity index (χ3v) is 20.8. The number of carbonyl (C=O) groups is 13. The van der Waals surface area contributed by atoms with Crippen molar-refractivity contribution in [2.45, 2.75) is 189 Å². The van der Waals surface area contributed by atoms with Crippen molar-refractivity contribution in [3.05, 3.63) is 144 Å². The molecule has 7 aromatic rings. The van der Waals surface area contributed by atoms with Gasteiger partial charge in [0.05, 0.1) is 6.04 Å². The van der Waals surface area contributed by atoms with Gasteiger partial charge in [-0.2, -0.15) is 11.8 Å². The molecule has 2 saturated heterocycles. The molecule has 2 aliphatic rings. The van der Waals surface area contributed by atoms with Gasteiger partial charge < -0.3 is 96.0 Å². The van der Waals surface area contributed by atoms with Crippen molar-refractivity contribution in [1.82, 2.24) is 67.3 Å². The maximum Gasteiger partial charge on any atom is 0.245 e. The van der Waals surface area contributed by atoms with E-state index in [2.05, 4.69) is 57.5 Å². The summed E-state index contributed by atoms with van der Waals surface area (Å²) in [6.45, 7) is 2.58. The van der Waals surface area contributed by atoms with E-state index < -0.39 is 163 Å². The highest BCUT2D eigenvalue weighted by Gasteiger charge is 2.43. The Bertz CT molecular complexity index is 4410. The lowest BCUT2D eigenvalue weighted by atomic mass is 9.99. The number of aromatic amines is 3. The lowest BCUT2D eigenvalue weighted by Gasteiger charge is -2.32. The Balaban J connectivity index is 0.984. The average Bonchev–Trinajstić information content (AvgIpc) is 1.79. The molecule has 0 aliphatic carbocycles. The lowest BCUT2D eigenvalue weighted by molar-refractivity contribution is -0.144. The van der Waals surface area contributed by atoms with Gasteiger partial charge in [-0.25, -0.2) is 0 Å². The molecular weight excluding hydrogens is 1430 g/mol. The van der Waals surface area contributed by atoms with E-state index in [4.69, 9.17) is 28.7 Å². The first-order valence-electron chi connectivity index (χ1n) is 37.5. The Morgan fingerprint density at radius 2 is 0.827 bits per heavy atom. The highest BCUT2D eigenvalue weighted by molar-refractivity contribution is 7.98. The van der Waals surface area contributed by atoms with E-state index in [0.717, 1.165) is 21.8 Å².